The summed E-state index contributed by atoms with van der Waals surface area (Å²) in [6.07, 6.45) is 2.46. The summed E-state index contributed by atoms with van der Waals surface area (Å²) < 4.78 is 29.4. The number of methoxy groups -OCH3 is 1. The lowest BCUT2D eigenvalue weighted by Crippen LogP contribution is -2.43. The van der Waals surface area contributed by atoms with Crippen LogP contribution in [0.5, 0.6) is 0 Å². The predicted octanol–water partition coefficient (Wildman–Crippen LogP) is 2.21. The topological polar surface area (TPSA) is 106 Å². The van der Waals surface area contributed by atoms with Crippen LogP contribution in [0.15, 0.2) is 29.6 Å². The smallest absolute Gasteiger partial charge is 0.337 e. The molecule has 2 heterocycles. The molecule has 1 amide bonds. The van der Waals surface area contributed by atoms with Gasteiger partial charge in [-0.3, -0.25) is 4.79 Å². The predicted molar refractivity (Wildman–Crippen MR) is 107 cm³/mol. The average Bonchev–Trinajstić information content (AvgIpc) is 3.15. The molecule has 2 aromatic rings. The number of sulfonamides is 1. The van der Waals surface area contributed by atoms with Crippen LogP contribution < -0.4 is 5.32 Å². The van der Waals surface area contributed by atoms with Crippen LogP contribution in [0, 0.1) is 5.92 Å². The Morgan fingerprint density at radius 1 is 1.29 bits per heavy atom. The molecular formula is C18H21N3O5S2. The highest BCUT2D eigenvalue weighted by Crippen LogP contribution is 2.27. The van der Waals surface area contributed by atoms with E-state index in [1.54, 1.807) is 24.3 Å². The number of benzene rings is 1. The number of esters is 1. The van der Waals surface area contributed by atoms with Crippen molar-refractivity contribution in [2.45, 2.75) is 12.8 Å². The van der Waals surface area contributed by atoms with Crippen LogP contribution in [0.3, 0.4) is 0 Å². The molecule has 8 nitrogen and oxygen atoms in total. The SMILES string of the molecule is COC(=O)c1ccc(-c2csc(NC(=O)[C@@H]3CCCN(S(C)(=O)=O)C3)n2)cc1. The van der Waals surface area contributed by atoms with Crippen molar-refractivity contribution >= 4 is 38.4 Å². The van der Waals surface area contributed by atoms with Crippen molar-refractivity contribution in [1.29, 1.82) is 0 Å². The normalized spacial score (nSPS) is 17.9. The van der Waals surface area contributed by atoms with Crippen molar-refractivity contribution in [2.24, 2.45) is 5.92 Å². The number of amides is 1. The number of ether oxygens (including phenoxy) is 1. The first-order chi connectivity index (χ1) is 13.3. The van der Waals surface area contributed by atoms with Crippen LogP contribution in [0.1, 0.15) is 23.2 Å². The maximum atomic E-state index is 12.5. The Hall–Kier alpha value is -2.30. The fourth-order valence-electron chi connectivity index (χ4n) is 3.02. The summed E-state index contributed by atoms with van der Waals surface area (Å²) in [6.45, 7) is 0.642. The second kappa shape index (κ2) is 8.38. The van der Waals surface area contributed by atoms with Crippen LogP contribution >= 0.6 is 11.3 Å². The minimum Gasteiger partial charge on any atom is -0.465 e. The first-order valence-corrected chi connectivity index (χ1v) is 11.4. The van der Waals surface area contributed by atoms with Gasteiger partial charge in [-0.15, -0.1) is 11.3 Å². The molecule has 1 aliphatic rings. The first kappa shape index (κ1) is 20.4. The molecule has 0 bridgehead atoms. The number of carbonyl (C=O) groups is 2. The number of hydrogen-bond donors (Lipinski definition) is 1. The molecule has 10 heteroatoms. The van der Waals surface area contributed by atoms with E-state index in [9.17, 15) is 18.0 Å². The molecule has 1 atom stereocenters. The van der Waals surface area contributed by atoms with Crippen molar-refractivity contribution in [1.82, 2.24) is 9.29 Å². The van der Waals surface area contributed by atoms with Gasteiger partial charge in [-0.25, -0.2) is 22.5 Å². The monoisotopic (exact) mass is 423 g/mol. The first-order valence-electron chi connectivity index (χ1n) is 8.68. The standard InChI is InChI=1S/C18H21N3O5S2/c1-26-17(23)13-7-5-12(6-8-13)15-11-27-18(19-15)20-16(22)14-4-3-9-21(10-14)28(2,24)25/h5-8,11,14H,3-4,9-10H2,1-2H3,(H,19,20,22)/t14-/m1/s1. The fourth-order valence-corrected chi connectivity index (χ4v) is 4.66. The number of rotatable bonds is 5. The van der Waals surface area contributed by atoms with E-state index in [0.717, 1.165) is 11.8 Å². The third-order valence-electron chi connectivity index (χ3n) is 4.56. The molecule has 1 saturated heterocycles. The number of thiazole rings is 1. The average molecular weight is 424 g/mol. The van der Waals surface area contributed by atoms with Gasteiger partial charge in [0.05, 0.1) is 30.5 Å². The van der Waals surface area contributed by atoms with Gasteiger partial charge in [-0.1, -0.05) is 12.1 Å². The van der Waals surface area contributed by atoms with Crippen molar-refractivity contribution in [2.75, 3.05) is 31.8 Å². The van der Waals surface area contributed by atoms with E-state index in [4.69, 9.17) is 0 Å². The molecule has 3 rings (SSSR count). The Kier molecular flexibility index (Phi) is 6.11. The number of nitrogens with zero attached hydrogens (tertiary/aromatic N) is 2. The zero-order chi connectivity index (χ0) is 20.3. The van der Waals surface area contributed by atoms with Crippen molar-refractivity contribution < 1.29 is 22.7 Å². The molecule has 1 aromatic carbocycles. The molecule has 150 valence electrons. The molecule has 1 fully saturated rings. The van der Waals surface area contributed by atoms with Gasteiger partial charge in [0.2, 0.25) is 15.9 Å². The highest BCUT2D eigenvalue weighted by molar-refractivity contribution is 7.88. The molecule has 28 heavy (non-hydrogen) atoms. The quantitative estimate of drug-likeness (QED) is 0.739. The summed E-state index contributed by atoms with van der Waals surface area (Å²) >= 11 is 1.29. The summed E-state index contributed by atoms with van der Waals surface area (Å²) in [5, 5.41) is 5.05. The van der Waals surface area contributed by atoms with Gasteiger partial charge in [-0.2, -0.15) is 0 Å². The minimum atomic E-state index is -3.30. The van der Waals surface area contributed by atoms with Gasteiger partial charge in [0.15, 0.2) is 5.13 Å². The van der Waals surface area contributed by atoms with E-state index in [1.807, 2.05) is 5.38 Å². The van der Waals surface area contributed by atoms with Crippen LogP contribution in [0.25, 0.3) is 11.3 Å². The van der Waals surface area contributed by atoms with E-state index in [1.165, 1.54) is 22.8 Å². The van der Waals surface area contributed by atoms with Crippen LogP contribution in [-0.4, -0.2) is 56.0 Å². The maximum Gasteiger partial charge on any atom is 0.337 e. The zero-order valence-corrected chi connectivity index (χ0v) is 17.2. The third kappa shape index (κ3) is 4.75. The molecular weight excluding hydrogens is 402 g/mol. The summed E-state index contributed by atoms with van der Waals surface area (Å²) in [6, 6.07) is 6.83. The molecule has 0 unspecified atom stereocenters. The van der Waals surface area contributed by atoms with E-state index in [2.05, 4.69) is 15.0 Å². The minimum absolute atomic E-state index is 0.192. The Bertz CT molecular complexity index is 969. The van der Waals surface area contributed by atoms with E-state index in [0.29, 0.717) is 35.8 Å². The molecule has 1 aliphatic heterocycles. The largest absolute Gasteiger partial charge is 0.465 e. The van der Waals surface area contributed by atoms with Gasteiger partial charge < -0.3 is 10.1 Å². The second-order valence-corrected chi connectivity index (χ2v) is 9.40. The summed E-state index contributed by atoms with van der Waals surface area (Å²) in [7, 11) is -1.97. The highest BCUT2D eigenvalue weighted by Gasteiger charge is 2.30. The van der Waals surface area contributed by atoms with Gasteiger partial charge >= 0.3 is 5.97 Å². The number of carbonyl (C=O) groups excluding carboxylic acids is 2. The van der Waals surface area contributed by atoms with Crippen LogP contribution in [-0.2, 0) is 19.6 Å². The molecule has 0 saturated carbocycles. The highest BCUT2D eigenvalue weighted by atomic mass is 32.2. The summed E-state index contributed by atoms with van der Waals surface area (Å²) in [5.41, 5.74) is 1.94. The van der Waals surface area contributed by atoms with Crippen molar-refractivity contribution in [3.05, 3.63) is 35.2 Å². The van der Waals surface area contributed by atoms with Gasteiger partial charge in [-0.05, 0) is 25.0 Å². The molecule has 0 spiro atoms. The lowest BCUT2D eigenvalue weighted by atomic mass is 9.99. The van der Waals surface area contributed by atoms with E-state index >= 15 is 0 Å². The molecule has 1 N–H and O–H groups in total. The number of nitrogens with one attached hydrogen (secondary N) is 1. The van der Waals surface area contributed by atoms with E-state index in [-0.39, 0.29) is 12.5 Å². The molecule has 0 aliphatic carbocycles. The molecule has 1 aromatic heterocycles. The molecule has 0 radical (unpaired) electrons. The zero-order valence-electron chi connectivity index (χ0n) is 15.5. The van der Waals surface area contributed by atoms with Crippen molar-refractivity contribution in [3.8, 4) is 11.3 Å². The third-order valence-corrected chi connectivity index (χ3v) is 6.59. The van der Waals surface area contributed by atoms with Crippen LogP contribution in [0.4, 0.5) is 5.13 Å². The van der Waals surface area contributed by atoms with Gasteiger partial charge in [0.25, 0.3) is 0 Å². The van der Waals surface area contributed by atoms with E-state index < -0.39 is 21.9 Å². The second-order valence-electron chi connectivity index (χ2n) is 6.56. The Labute approximate surface area is 167 Å². The number of aromatic nitrogens is 1. The summed E-state index contributed by atoms with van der Waals surface area (Å²) in [5.74, 6) is -1.03. The summed E-state index contributed by atoms with van der Waals surface area (Å²) in [4.78, 5) is 28.4. The van der Waals surface area contributed by atoms with Crippen LogP contribution in [0.2, 0.25) is 0 Å². The lowest BCUT2D eigenvalue weighted by Gasteiger charge is -2.29. The van der Waals surface area contributed by atoms with Gasteiger partial charge in [0, 0.05) is 24.0 Å². The Balaban J connectivity index is 1.66. The Morgan fingerprint density at radius 3 is 2.64 bits per heavy atom. The number of piperidine rings is 1. The maximum absolute atomic E-state index is 12.5. The fraction of sp³-hybridized carbons (Fsp3) is 0.389. The van der Waals surface area contributed by atoms with Crippen molar-refractivity contribution in [3.63, 3.8) is 0 Å². The van der Waals surface area contributed by atoms with Gasteiger partial charge in [0.1, 0.15) is 0 Å². The lowest BCUT2D eigenvalue weighted by molar-refractivity contribution is -0.120. The Morgan fingerprint density at radius 2 is 2.00 bits per heavy atom. The number of hydrogen-bond acceptors (Lipinski definition) is 7. The number of anilines is 1.